The standard InChI is InChI=1S/C15H18O3S/c1-9(2)10(3)18-8-12-11-6-4-5-7-13(11)19-14(12)15(16)17/h4-7,9-10H,8H2,1-3H3,(H,16,17). The van der Waals surface area contributed by atoms with Crippen LogP contribution in [-0.2, 0) is 11.3 Å². The van der Waals surface area contributed by atoms with E-state index >= 15 is 0 Å². The zero-order chi connectivity index (χ0) is 14.0. The summed E-state index contributed by atoms with van der Waals surface area (Å²) in [7, 11) is 0. The molecule has 1 heterocycles. The molecule has 0 amide bonds. The van der Waals surface area contributed by atoms with Crippen molar-refractivity contribution >= 4 is 27.4 Å². The Morgan fingerprint density at radius 2 is 2.00 bits per heavy atom. The lowest BCUT2D eigenvalue weighted by atomic mass is 10.1. The minimum Gasteiger partial charge on any atom is -0.477 e. The fourth-order valence-electron chi connectivity index (χ4n) is 1.82. The Labute approximate surface area is 116 Å². The van der Waals surface area contributed by atoms with Crippen molar-refractivity contribution in [3.05, 3.63) is 34.7 Å². The normalized spacial score (nSPS) is 13.1. The maximum Gasteiger partial charge on any atom is 0.346 e. The van der Waals surface area contributed by atoms with Gasteiger partial charge in [-0.05, 0) is 24.3 Å². The van der Waals surface area contributed by atoms with E-state index in [1.54, 1.807) is 0 Å². The van der Waals surface area contributed by atoms with Crippen LogP contribution < -0.4 is 0 Å². The Morgan fingerprint density at radius 1 is 1.32 bits per heavy atom. The quantitative estimate of drug-likeness (QED) is 0.893. The summed E-state index contributed by atoms with van der Waals surface area (Å²) in [5, 5.41) is 10.3. The van der Waals surface area contributed by atoms with Gasteiger partial charge in [0, 0.05) is 10.3 Å². The van der Waals surface area contributed by atoms with Gasteiger partial charge in [0.05, 0.1) is 12.7 Å². The molecule has 0 radical (unpaired) electrons. The lowest BCUT2D eigenvalue weighted by molar-refractivity contribution is 0.0235. The van der Waals surface area contributed by atoms with Crippen molar-refractivity contribution in [1.82, 2.24) is 0 Å². The van der Waals surface area contributed by atoms with Gasteiger partial charge in [0.15, 0.2) is 0 Å². The number of carboxylic acid groups (broad SMARTS) is 1. The fourth-order valence-corrected chi connectivity index (χ4v) is 2.87. The molecule has 0 saturated carbocycles. The topological polar surface area (TPSA) is 46.5 Å². The highest BCUT2D eigenvalue weighted by molar-refractivity contribution is 7.21. The van der Waals surface area contributed by atoms with E-state index in [1.165, 1.54) is 11.3 Å². The molecule has 1 unspecified atom stereocenters. The summed E-state index contributed by atoms with van der Waals surface area (Å²) in [6.07, 6.45) is 0.111. The first-order valence-corrected chi connectivity index (χ1v) is 7.17. The number of hydrogen-bond acceptors (Lipinski definition) is 3. The average molecular weight is 278 g/mol. The number of rotatable bonds is 5. The van der Waals surface area contributed by atoms with E-state index in [9.17, 15) is 9.90 Å². The number of carboxylic acids is 1. The summed E-state index contributed by atoms with van der Waals surface area (Å²) in [6.45, 7) is 6.55. The highest BCUT2D eigenvalue weighted by atomic mass is 32.1. The second-order valence-electron chi connectivity index (χ2n) is 4.97. The largest absolute Gasteiger partial charge is 0.477 e. The van der Waals surface area contributed by atoms with Gasteiger partial charge in [-0.15, -0.1) is 11.3 Å². The molecule has 0 aliphatic carbocycles. The molecule has 0 spiro atoms. The molecular formula is C15H18O3S. The molecule has 3 nitrogen and oxygen atoms in total. The molecule has 102 valence electrons. The average Bonchev–Trinajstić information content (AvgIpc) is 2.74. The van der Waals surface area contributed by atoms with Crippen LogP contribution in [0.2, 0.25) is 0 Å². The summed E-state index contributed by atoms with van der Waals surface area (Å²) in [4.78, 5) is 11.7. The maximum absolute atomic E-state index is 11.3. The number of benzene rings is 1. The van der Waals surface area contributed by atoms with Gasteiger partial charge in [0.1, 0.15) is 4.88 Å². The van der Waals surface area contributed by atoms with Gasteiger partial charge in [0.2, 0.25) is 0 Å². The molecule has 1 aromatic heterocycles. The van der Waals surface area contributed by atoms with E-state index in [4.69, 9.17) is 4.74 Å². The molecule has 0 bridgehead atoms. The van der Waals surface area contributed by atoms with Crippen LogP contribution in [0.5, 0.6) is 0 Å². The van der Waals surface area contributed by atoms with Crippen molar-refractivity contribution in [3.63, 3.8) is 0 Å². The van der Waals surface area contributed by atoms with Crippen molar-refractivity contribution in [3.8, 4) is 0 Å². The van der Waals surface area contributed by atoms with Crippen LogP contribution in [0.3, 0.4) is 0 Å². The van der Waals surface area contributed by atoms with E-state index in [1.807, 2.05) is 31.2 Å². The first-order chi connectivity index (χ1) is 9.00. The molecule has 0 saturated heterocycles. The molecule has 0 fully saturated rings. The number of aromatic carboxylic acids is 1. The third-order valence-corrected chi connectivity index (χ3v) is 4.52. The maximum atomic E-state index is 11.3. The second kappa shape index (κ2) is 5.72. The second-order valence-corrected chi connectivity index (χ2v) is 6.02. The lowest BCUT2D eigenvalue weighted by Gasteiger charge is -2.16. The third kappa shape index (κ3) is 2.96. The van der Waals surface area contributed by atoms with Crippen LogP contribution in [0.4, 0.5) is 0 Å². The predicted octanol–water partition coefficient (Wildman–Crippen LogP) is 4.16. The van der Waals surface area contributed by atoms with Crippen LogP contribution in [0.1, 0.15) is 36.0 Å². The van der Waals surface area contributed by atoms with Crippen LogP contribution in [-0.4, -0.2) is 17.2 Å². The van der Waals surface area contributed by atoms with Crippen LogP contribution in [0.15, 0.2) is 24.3 Å². The molecule has 2 rings (SSSR count). The fraction of sp³-hybridized carbons (Fsp3) is 0.400. The highest BCUT2D eigenvalue weighted by Gasteiger charge is 2.18. The molecule has 1 atom stereocenters. The molecule has 0 aliphatic rings. The molecule has 0 aliphatic heterocycles. The molecule has 1 aromatic carbocycles. The van der Waals surface area contributed by atoms with Crippen molar-refractivity contribution in [2.24, 2.45) is 5.92 Å². The van der Waals surface area contributed by atoms with E-state index in [0.29, 0.717) is 17.4 Å². The van der Waals surface area contributed by atoms with Crippen molar-refractivity contribution in [2.75, 3.05) is 0 Å². The Morgan fingerprint density at radius 3 is 2.63 bits per heavy atom. The number of hydrogen-bond donors (Lipinski definition) is 1. The Kier molecular flexibility index (Phi) is 4.22. The van der Waals surface area contributed by atoms with Gasteiger partial charge < -0.3 is 9.84 Å². The zero-order valence-corrected chi connectivity index (χ0v) is 12.2. The summed E-state index contributed by atoms with van der Waals surface area (Å²) in [5.74, 6) is -0.463. The SMILES string of the molecule is CC(C)C(C)OCc1c(C(=O)O)sc2ccccc12. The number of ether oxygens (including phenoxy) is 1. The molecular weight excluding hydrogens is 260 g/mol. The molecule has 19 heavy (non-hydrogen) atoms. The van der Waals surface area contributed by atoms with Gasteiger partial charge in [-0.3, -0.25) is 0 Å². The van der Waals surface area contributed by atoms with Crippen molar-refractivity contribution < 1.29 is 14.6 Å². The summed E-state index contributed by atoms with van der Waals surface area (Å²) < 4.78 is 6.79. The Balaban J connectivity index is 2.34. The Bertz CT molecular complexity index is 586. The zero-order valence-electron chi connectivity index (χ0n) is 11.3. The van der Waals surface area contributed by atoms with Gasteiger partial charge in [-0.2, -0.15) is 0 Å². The van der Waals surface area contributed by atoms with Crippen molar-refractivity contribution in [1.29, 1.82) is 0 Å². The predicted molar refractivity (Wildman–Crippen MR) is 77.9 cm³/mol. The minimum absolute atomic E-state index is 0.111. The van der Waals surface area contributed by atoms with Gasteiger partial charge >= 0.3 is 5.97 Å². The first-order valence-electron chi connectivity index (χ1n) is 6.36. The first kappa shape index (κ1) is 14.0. The Hall–Kier alpha value is -1.39. The van der Waals surface area contributed by atoms with E-state index in [0.717, 1.165) is 15.6 Å². The smallest absolute Gasteiger partial charge is 0.346 e. The van der Waals surface area contributed by atoms with E-state index < -0.39 is 5.97 Å². The summed E-state index contributed by atoms with van der Waals surface area (Å²) >= 11 is 1.31. The van der Waals surface area contributed by atoms with Crippen molar-refractivity contribution in [2.45, 2.75) is 33.5 Å². The molecule has 2 aromatic rings. The van der Waals surface area contributed by atoms with Gasteiger partial charge in [-0.1, -0.05) is 32.0 Å². The van der Waals surface area contributed by atoms with Crippen LogP contribution >= 0.6 is 11.3 Å². The monoisotopic (exact) mass is 278 g/mol. The lowest BCUT2D eigenvalue weighted by Crippen LogP contribution is -2.15. The van der Waals surface area contributed by atoms with Gasteiger partial charge in [0.25, 0.3) is 0 Å². The number of fused-ring (bicyclic) bond motifs is 1. The number of thiophene rings is 1. The molecule has 1 N–H and O–H groups in total. The summed E-state index contributed by atoms with van der Waals surface area (Å²) in [5.41, 5.74) is 0.792. The van der Waals surface area contributed by atoms with Crippen LogP contribution in [0, 0.1) is 5.92 Å². The summed E-state index contributed by atoms with van der Waals surface area (Å²) in [6, 6.07) is 7.75. The van der Waals surface area contributed by atoms with E-state index in [2.05, 4.69) is 13.8 Å². The third-order valence-electron chi connectivity index (χ3n) is 3.32. The highest BCUT2D eigenvalue weighted by Crippen LogP contribution is 2.32. The van der Waals surface area contributed by atoms with Gasteiger partial charge in [-0.25, -0.2) is 4.79 Å². The van der Waals surface area contributed by atoms with E-state index in [-0.39, 0.29) is 6.10 Å². The van der Waals surface area contributed by atoms with Crippen LogP contribution in [0.25, 0.3) is 10.1 Å². The minimum atomic E-state index is -0.878. The number of carbonyl (C=O) groups is 1. The molecule has 4 heteroatoms.